The zero-order valence-electron chi connectivity index (χ0n) is 27.8. The van der Waals surface area contributed by atoms with Gasteiger partial charge < -0.3 is 0 Å². The molecule has 0 aliphatic heterocycles. The van der Waals surface area contributed by atoms with Crippen LogP contribution in [0.5, 0.6) is 0 Å². The quantitative estimate of drug-likeness (QED) is 0.174. The number of hydrogen-bond donors (Lipinski definition) is 0. The number of pyridine rings is 1. The molecule has 1 heterocycles. The lowest BCUT2D eigenvalue weighted by Crippen LogP contribution is -2.24. The topological polar surface area (TPSA) is 12.9 Å². The number of allylic oxidation sites excluding steroid dienone is 3. The second-order valence-corrected chi connectivity index (χ2v) is 13.2. The lowest BCUT2D eigenvalue weighted by atomic mass is 9.84. The van der Waals surface area contributed by atoms with Crippen LogP contribution in [0.3, 0.4) is 0 Å². The van der Waals surface area contributed by atoms with E-state index in [1.807, 2.05) is 12.2 Å². The molecule has 0 fully saturated rings. The molecule has 1 nitrogen and oxygen atoms in total. The van der Waals surface area contributed by atoms with Gasteiger partial charge in [0.25, 0.3) is 0 Å². The Labute approximate surface area is 296 Å². The van der Waals surface area contributed by atoms with Crippen molar-refractivity contribution in [3.8, 4) is 44.6 Å². The fourth-order valence-electron chi connectivity index (χ4n) is 7.92. The minimum Gasteiger partial charge on any atom is -0.246 e. The molecule has 9 aromatic rings. The van der Waals surface area contributed by atoms with Gasteiger partial charge >= 0.3 is 0 Å². The van der Waals surface area contributed by atoms with Crippen molar-refractivity contribution in [2.24, 2.45) is 0 Å². The molecule has 0 N–H and O–H groups in total. The van der Waals surface area contributed by atoms with Gasteiger partial charge in [-0.15, -0.1) is 5.73 Å². The summed E-state index contributed by atoms with van der Waals surface area (Å²) >= 11 is 0. The van der Waals surface area contributed by atoms with E-state index in [9.17, 15) is 0 Å². The monoisotopic (exact) mass is 645 g/mol. The van der Waals surface area contributed by atoms with E-state index in [-0.39, 0.29) is 0 Å². The molecule has 0 radical (unpaired) electrons. The van der Waals surface area contributed by atoms with Crippen molar-refractivity contribution in [1.29, 1.82) is 0 Å². The van der Waals surface area contributed by atoms with Crippen LogP contribution < -0.4 is 10.4 Å². The molecule has 1 aliphatic rings. The van der Waals surface area contributed by atoms with Crippen molar-refractivity contribution in [3.05, 3.63) is 192 Å². The van der Waals surface area contributed by atoms with E-state index >= 15 is 0 Å². The average molecular weight is 646 g/mol. The molecule has 0 bridgehead atoms. The van der Waals surface area contributed by atoms with Gasteiger partial charge in [0.1, 0.15) is 0 Å². The third-order valence-corrected chi connectivity index (χ3v) is 10.3. The van der Waals surface area contributed by atoms with Crippen LogP contribution in [0.1, 0.15) is 0 Å². The first-order valence-corrected chi connectivity index (χ1v) is 17.5. The predicted molar refractivity (Wildman–Crippen MR) is 217 cm³/mol. The molecule has 1 heteroatoms. The zero-order valence-corrected chi connectivity index (χ0v) is 27.8. The summed E-state index contributed by atoms with van der Waals surface area (Å²) in [5, 5.41) is 10.7. The first kappa shape index (κ1) is 29.2. The molecular formula is C50H31N. The molecule has 0 spiro atoms. The van der Waals surface area contributed by atoms with Crippen molar-refractivity contribution >= 4 is 55.0 Å². The Morgan fingerprint density at radius 3 is 1.65 bits per heavy atom. The van der Waals surface area contributed by atoms with E-state index in [1.54, 1.807) is 0 Å². The number of rotatable bonds is 4. The van der Waals surface area contributed by atoms with Gasteiger partial charge in [0.05, 0.1) is 11.2 Å². The maximum Gasteiger partial charge on any atom is 0.0865 e. The number of aromatic nitrogens is 1. The Kier molecular flexibility index (Phi) is 6.84. The summed E-state index contributed by atoms with van der Waals surface area (Å²) in [7, 11) is 0. The second-order valence-electron chi connectivity index (χ2n) is 13.2. The van der Waals surface area contributed by atoms with Gasteiger partial charge in [-0.3, -0.25) is 0 Å². The number of benzene rings is 8. The first-order chi connectivity index (χ1) is 25.3. The Bertz CT molecular complexity index is 2980. The smallest absolute Gasteiger partial charge is 0.0865 e. The van der Waals surface area contributed by atoms with Crippen molar-refractivity contribution in [2.75, 3.05) is 0 Å². The molecule has 236 valence electrons. The average Bonchev–Trinajstić information content (AvgIpc) is 3.46. The molecule has 1 aliphatic carbocycles. The lowest BCUT2D eigenvalue weighted by molar-refractivity contribution is 1.38. The van der Waals surface area contributed by atoms with Gasteiger partial charge in [0.2, 0.25) is 0 Å². The first-order valence-electron chi connectivity index (χ1n) is 17.5. The predicted octanol–water partition coefficient (Wildman–Crippen LogP) is 11.6. The molecule has 0 atom stereocenters. The number of hydrogen-bond acceptors (Lipinski definition) is 1. The maximum atomic E-state index is 5.29. The van der Waals surface area contributed by atoms with Crippen molar-refractivity contribution in [1.82, 2.24) is 4.98 Å². The highest BCUT2D eigenvalue weighted by molar-refractivity contribution is 6.24. The van der Waals surface area contributed by atoms with Crippen molar-refractivity contribution in [3.63, 3.8) is 0 Å². The number of fused-ring (bicyclic) bond motifs is 6. The lowest BCUT2D eigenvalue weighted by Gasteiger charge is -2.19. The Morgan fingerprint density at radius 1 is 0.392 bits per heavy atom. The van der Waals surface area contributed by atoms with E-state index in [0.29, 0.717) is 0 Å². The summed E-state index contributed by atoms with van der Waals surface area (Å²) in [6.07, 6.45) is 8.18. The van der Waals surface area contributed by atoms with E-state index < -0.39 is 0 Å². The Morgan fingerprint density at radius 2 is 0.941 bits per heavy atom. The van der Waals surface area contributed by atoms with Crippen LogP contribution in [-0.4, -0.2) is 4.98 Å². The third kappa shape index (κ3) is 4.83. The highest BCUT2D eigenvalue weighted by atomic mass is 14.7. The fraction of sp³-hybridized carbons (Fsp3) is 0. The normalized spacial score (nSPS) is 12.2. The van der Waals surface area contributed by atoms with Crippen LogP contribution in [0.15, 0.2) is 182 Å². The summed E-state index contributed by atoms with van der Waals surface area (Å²) in [5.74, 6) is 0. The Balaban J connectivity index is 1.20. The zero-order chi connectivity index (χ0) is 33.7. The summed E-state index contributed by atoms with van der Waals surface area (Å²) in [4.78, 5) is 5.29. The highest BCUT2D eigenvalue weighted by Gasteiger charge is 2.19. The fourth-order valence-corrected chi connectivity index (χ4v) is 7.92. The molecule has 10 rings (SSSR count). The van der Waals surface area contributed by atoms with Gasteiger partial charge in [-0.05, 0) is 83.1 Å². The van der Waals surface area contributed by atoms with Gasteiger partial charge in [-0.1, -0.05) is 176 Å². The van der Waals surface area contributed by atoms with E-state index in [4.69, 9.17) is 4.98 Å². The molecule has 8 aromatic carbocycles. The standard InChI is InChI=1S/C50H31N/c1-3-13-33(14-4-1)34-23-26-36(27-24-34)48-42-19-9-11-21-44(42)49(45-22-12-10-20-43(45)48)46-31-30-41(39-17-7-8-18-40(39)46)47-32-29-37-28-25-35-15-5-2-6-16-38(35)50(37)51-47/h1-15,17-32H. The van der Waals surface area contributed by atoms with Crippen LogP contribution in [0.4, 0.5) is 0 Å². The van der Waals surface area contributed by atoms with Crippen molar-refractivity contribution in [2.45, 2.75) is 0 Å². The molecule has 0 saturated heterocycles. The summed E-state index contributed by atoms with van der Waals surface area (Å²) in [6.45, 7) is 0. The largest absolute Gasteiger partial charge is 0.246 e. The molecule has 0 saturated carbocycles. The maximum absolute atomic E-state index is 5.29. The van der Waals surface area contributed by atoms with E-state index in [2.05, 4.69) is 182 Å². The van der Waals surface area contributed by atoms with E-state index in [0.717, 1.165) is 32.6 Å². The number of nitrogens with zero attached hydrogens (tertiary/aromatic N) is 1. The molecule has 51 heavy (non-hydrogen) atoms. The Hall–Kier alpha value is -6.79. The minimum absolute atomic E-state index is 0.960. The molecular weight excluding hydrogens is 615 g/mol. The molecule has 1 aromatic heterocycles. The summed E-state index contributed by atoms with van der Waals surface area (Å²) in [6, 6.07) is 59.4. The van der Waals surface area contributed by atoms with Crippen LogP contribution in [0.2, 0.25) is 0 Å². The van der Waals surface area contributed by atoms with Gasteiger partial charge in [-0.2, -0.15) is 0 Å². The molecule has 0 amide bonds. The van der Waals surface area contributed by atoms with Crippen LogP contribution >= 0.6 is 0 Å². The third-order valence-electron chi connectivity index (χ3n) is 10.3. The van der Waals surface area contributed by atoms with Gasteiger partial charge in [-0.25, -0.2) is 4.98 Å². The van der Waals surface area contributed by atoms with Crippen LogP contribution in [-0.2, 0) is 0 Å². The summed E-state index contributed by atoms with van der Waals surface area (Å²) in [5.41, 5.74) is 13.9. The second kappa shape index (κ2) is 12.0. The van der Waals surface area contributed by atoms with E-state index in [1.165, 1.54) is 65.7 Å². The molecule has 0 unspecified atom stereocenters. The SMILES string of the molecule is C1=CC=CC=c2ccc3ccc(-c4ccc(-c5c6ccccc6c(-c6ccc(-c7ccccc7)cc6)c6ccccc56)c5ccccc45)nc3c2=1. The minimum atomic E-state index is 0.960. The van der Waals surface area contributed by atoms with Crippen molar-refractivity contribution < 1.29 is 0 Å². The van der Waals surface area contributed by atoms with Gasteiger partial charge in [0.15, 0.2) is 0 Å². The van der Waals surface area contributed by atoms with Gasteiger partial charge in [0, 0.05) is 16.2 Å². The van der Waals surface area contributed by atoms with Crippen LogP contribution in [0.25, 0.3) is 99.7 Å². The highest BCUT2D eigenvalue weighted by Crippen LogP contribution is 2.46. The van der Waals surface area contributed by atoms with Crippen LogP contribution in [0, 0.1) is 0 Å². The summed E-state index contributed by atoms with van der Waals surface area (Å²) < 4.78 is 0.